The molecule has 2 aromatic rings. The zero-order valence-corrected chi connectivity index (χ0v) is 10.8. The molecule has 1 aliphatic rings. The third-order valence-corrected chi connectivity index (χ3v) is 3.76. The van der Waals surface area contributed by atoms with Crippen LogP contribution >= 0.6 is 0 Å². The number of hydrogen-bond acceptors (Lipinski definition) is 6. The molecule has 21 heavy (non-hydrogen) atoms. The van der Waals surface area contributed by atoms with Gasteiger partial charge in [-0.1, -0.05) is 0 Å². The van der Waals surface area contributed by atoms with Crippen molar-refractivity contribution in [3.05, 3.63) is 40.1 Å². The van der Waals surface area contributed by atoms with Gasteiger partial charge in [-0.25, -0.2) is 0 Å². The largest absolute Gasteiger partial charge is 0.394 e. The maximum Gasteiger partial charge on any atom is 0.270 e. The molecule has 0 spiro atoms. The molecule has 0 saturated carbocycles. The Bertz CT molecular complexity index is 684. The molecule has 0 aliphatic carbocycles. The van der Waals surface area contributed by atoms with Crippen molar-refractivity contribution < 1.29 is 25.0 Å². The Balaban J connectivity index is 2.04. The molecule has 4 N–H and O–H groups in total. The Kier molecular flexibility index (Phi) is 3.38. The number of benzene rings is 1. The number of ether oxygens (including phenoxy) is 1. The third-order valence-electron chi connectivity index (χ3n) is 3.76. The first-order valence-corrected chi connectivity index (χ1v) is 6.41. The Morgan fingerprint density at radius 3 is 2.71 bits per heavy atom. The number of aromatic amines is 1. The molecule has 0 unspecified atom stereocenters. The van der Waals surface area contributed by atoms with E-state index in [0.29, 0.717) is 16.5 Å². The average molecular weight is 294 g/mol. The zero-order valence-electron chi connectivity index (χ0n) is 10.8. The number of aliphatic hydroxyl groups excluding tert-OH is 3. The summed E-state index contributed by atoms with van der Waals surface area (Å²) >= 11 is 0. The molecule has 1 saturated heterocycles. The summed E-state index contributed by atoms with van der Waals surface area (Å²) in [6.07, 6.45) is -2.57. The lowest BCUT2D eigenvalue weighted by atomic mass is 10.0. The summed E-state index contributed by atoms with van der Waals surface area (Å²) in [4.78, 5) is 13.3. The van der Waals surface area contributed by atoms with E-state index in [0.717, 1.165) is 0 Å². The Morgan fingerprint density at radius 1 is 1.33 bits per heavy atom. The van der Waals surface area contributed by atoms with Crippen LogP contribution in [0.2, 0.25) is 0 Å². The van der Waals surface area contributed by atoms with Gasteiger partial charge >= 0.3 is 0 Å². The van der Waals surface area contributed by atoms with Gasteiger partial charge in [0.15, 0.2) is 0 Å². The van der Waals surface area contributed by atoms with Crippen LogP contribution in [0.3, 0.4) is 0 Å². The minimum absolute atomic E-state index is 0.0740. The van der Waals surface area contributed by atoms with Crippen molar-refractivity contribution in [1.82, 2.24) is 4.98 Å². The van der Waals surface area contributed by atoms with E-state index >= 15 is 0 Å². The van der Waals surface area contributed by atoms with Gasteiger partial charge in [0.25, 0.3) is 5.69 Å². The van der Waals surface area contributed by atoms with E-state index in [4.69, 9.17) is 9.84 Å². The van der Waals surface area contributed by atoms with Gasteiger partial charge in [-0.3, -0.25) is 10.1 Å². The van der Waals surface area contributed by atoms with E-state index in [1.54, 1.807) is 12.3 Å². The highest BCUT2D eigenvalue weighted by molar-refractivity contribution is 5.85. The number of fused-ring (bicyclic) bond motifs is 1. The Morgan fingerprint density at radius 2 is 2.10 bits per heavy atom. The number of aromatic nitrogens is 1. The van der Waals surface area contributed by atoms with E-state index in [2.05, 4.69) is 4.98 Å². The highest BCUT2D eigenvalue weighted by Gasteiger charge is 2.43. The van der Waals surface area contributed by atoms with Crippen LogP contribution in [0, 0.1) is 10.1 Å². The molecule has 0 bridgehead atoms. The molecule has 8 heteroatoms. The van der Waals surface area contributed by atoms with Crippen molar-refractivity contribution in [3.63, 3.8) is 0 Å². The van der Waals surface area contributed by atoms with Crippen molar-refractivity contribution in [2.75, 3.05) is 6.61 Å². The molecule has 1 aliphatic heterocycles. The fraction of sp³-hybridized carbons (Fsp3) is 0.385. The number of rotatable bonds is 3. The van der Waals surface area contributed by atoms with Crippen LogP contribution in [0.25, 0.3) is 10.9 Å². The predicted octanol–water partition coefficient (Wildman–Crippen LogP) is 0.230. The highest BCUT2D eigenvalue weighted by Crippen LogP contribution is 2.37. The molecule has 3 rings (SSSR count). The summed E-state index contributed by atoms with van der Waals surface area (Å²) in [5.74, 6) is 0. The zero-order chi connectivity index (χ0) is 15.1. The maximum atomic E-state index is 10.9. The molecule has 112 valence electrons. The summed E-state index contributed by atoms with van der Waals surface area (Å²) < 4.78 is 5.45. The predicted molar refractivity (Wildman–Crippen MR) is 71.7 cm³/mol. The lowest BCUT2D eigenvalue weighted by Crippen LogP contribution is -2.32. The monoisotopic (exact) mass is 294 g/mol. The van der Waals surface area contributed by atoms with Crippen LogP contribution in [0.15, 0.2) is 24.4 Å². The fourth-order valence-electron chi connectivity index (χ4n) is 2.64. The standard InChI is InChI=1S/C13H14N2O6/c16-5-10-11(17)12(18)13(21-10)8-4-14-9-2-1-6(15(19)20)3-7(8)9/h1-4,10-14,16-18H,5H2/t10-,11-,12-,13+/m1/s1. The smallest absolute Gasteiger partial charge is 0.270 e. The van der Waals surface area contributed by atoms with Gasteiger partial charge in [0.05, 0.1) is 11.5 Å². The van der Waals surface area contributed by atoms with Gasteiger partial charge in [0.1, 0.15) is 24.4 Å². The van der Waals surface area contributed by atoms with Crippen LogP contribution in [-0.4, -0.2) is 50.1 Å². The fourth-order valence-corrected chi connectivity index (χ4v) is 2.64. The second-order valence-electron chi connectivity index (χ2n) is 4.99. The van der Waals surface area contributed by atoms with Gasteiger partial charge in [0, 0.05) is 34.8 Å². The van der Waals surface area contributed by atoms with E-state index in [-0.39, 0.29) is 5.69 Å². The summed E-state index contributed by atoms with van der Waals surface area (Å²) in [6, 6.07) is 4.33. The number of hydrogen-bond donors (Lipinski definition) is 4. The molecular weight excluding hydrogens is 280 g/mol. The van der Waals surface area contributed by atoms with Crippen LogP contribution in [0.1, 0.15) is 11.7 Å². The lowest BCUT2D eigenvalue weighted by Gasteiger charge is -2.13. The summed E-state index contributed by atoms with van der Waals surface area (Å²) in [6.45, 7) is -0.419. The number of nitro groups is 1. The van der Waals surface area contributed by atoms with E-state index in [1.165, 1.54) is 12.1 Å². The van der Waals surface area contributed by atoms with Gasteiger partial charge in [-0.05, 0) is 6.07 Å². The summed E-state index contributed by atoms with van der Waals surface area (Å²) in [5.41, 5.74) is 1.10. The third kappa shape index (κ3) is 2.18. The van der Waals surface area contributed by atoms with Crippen molar-refractivity contribution in [1.29, 1.82) is 0 Å². The molecule has 2 heterocycles. The quantitative estimate of drug-likeness (QED) is 0.474. The van der Waals surface area contributed by atoms with Crippen molar-refractivity contribution >= 4 is 16.6 Å². The molecule has 1 fully saturated rings. The molecule has 0 amide bonds. The van der Waals surface area contributed by atoms with Crippen LogP contribution < -0.4 is 0 Å². The van der Waals surface area contributed by atoms with Crippen LogP contribution in [-0.2, 0) is 4.74 Å². The van der Waals surface area contributed by atoms with E-state index in [1.807, 2.05) is 0 Å². The Hall–Kier alpha value is -2.00. The number of nitrogens with one attached hydrogen (secondary N) is 1. The van der Waals surface area contributed by atoms with Crippen LogP contribution in [0.4, 0.5) is 5.69 Å². The van der Waals surface area contributed by atoms with Crippen molar-refractivity contribution in [3.8, 4) is 0 Å². The van der Waals surface area contributed by atoms with Crippen molar-refractivity contribution in [2.45, 2.75) is 24.4 Å². The minimum atomic E-state index is -1.21. The molecular formula is C13H14N2O6. The van der Waals surface area contributed by atoms with E-state index in [9.17, 15) is 20.3 Å². The second kappa shape index (κ2) is 5.08. The first kappa shape index (κ1) is 14.0. The highest BCUT2D eigenvalue weighted by atomic mass is 16.6. The van der Waals surface area contributed by atoms with Gasteiger partial charge in [-0.15, -0.1) is 0 Å². The number of non-ortho nitro benzene ring substituents is 1. The number of aliphatic hydroxyl groups is 3. The number of nitro benzene ring substituents is 1. The van der Waals surface area contributed by atoms with Gasteiger partial charge in [0.2, 0.25) is 0 Å². The second-order valence-corrected chi connectivity index (χ2v) is 4.99. The van der Waals surface area contributed by atoms with Gasteiger partial charge in [-0.2, -0.15) is 0 Å². The first-order chi connectivity index (χ1) is 10.0. The first-order valence-electron chi connectivity index (χ1n) is 6.41. The summed E-state index contributed by atoms with van der Waals surface area (Å²) in [7, 11) is 0. The average Bonchev–Trinajstić information content (AvgIpc) is 3.01. The minimum Gasteiger partial charge on any atom is -0.394 e. The van der Waals surface area contributed by atoms with Gasteiger partial charge < -0.3 is 25.0 Å². The molecule has 0 radical (unpaired) electrons. The lowest BCUT2D eigenvalue weighted by molar-refractivity contribution is -0.384. The molecule has 4 atom stereocenters. The number of H-pyrrole nitrogens is 1. The van der Waals surface area contributed by atoms with E-state index < -0.39 is 35.9 Å². The Labute approximate surface area is 118 Å². The molecule has 8 nitrogen and oxygen atoms in total. The topological polar surface area (TPSA) is 129 Å². The summed E-state index contributed by atoms with van der Waals surface area (Å²) in [5, 5.41) is 40.3. The van der Waals surface area contributed by atoms with Crippen LogP contribution in [0.5, 0.6) is 0 Å². The molecule has 1 aromatic carbocycles. The number of nitrogens with zero attached hydrogens (tertiary/aromatic N) is 1. The molecule has 1 aromatic heterocycles. The van der Waals surface area contributed by atoms with Crippen molar-refractivity contribution in [2.24, 2.45) is 0 Å². The maximum absolute atomic E-state index is 10.9. The SMILES string of the molecule is O=[N+]([O-])c1ccc2[nH]cc([C@@H]3O[C@H](CO)[C@@H](O)[C@H]3O)c2c1. The normalized spacial score (nSPS) is 29.1.